The zero-order chi connectivity index (χ0) is 16.8. The fourth-order valence-electron chi connectivity index (χ4n) is 2.74. The van der Waals surface area contributed by atoms with Gasteiger partial charge in [0.05, 0.1) is 19.4 Å². The molecule has 124 valence electrons. The number of methoxy groups -OCH3 is 1. The monoisotopic (exact) mass is 321 g/mol. The summed E-state index contributed by atoms with van der Waals surface area (Å²) >= 11 is 0. The molecule has 0 fully saturated rings. The maximum absolute atomic E-state index is 5.96. The third kappa shape index (κ3) is 3.67. The molecule has 0 bridgehead atoms. The van der Waals surface area contributed by atoms with Gasteiger partial charge in [-0.1, -0.05) is 43.7 Å². The minimum Gasteiger partial charge on any atom is -0.493 e. The lowest BCUT2D eigenvalue weighted by Gasteiger charge is -2.13. The lowest BCUT2D eigenvalue weighted by molar-refractivity contribution is 0.287. The van der Waals surface area contributed by atoms with E-state index in [2.05, 4.69) is 42.3 Å². The van der Waals surface area contributed by atoms with Gasteiger partial charge in [0, 0.05) is 17.7 Å². The molecule has 0 saturated heterocycles. The van der Waals surface area contributed by atoms with E-state index >= 15 is 0 Å². The number of hydrogen-bond acceptors (Lipinski definition) is 3. The van der Waals surface area contributed by atoms with Crippen LogP contribution in [0.2, 0.25) is 0 Å². The number of para-hydroxylation sites is 2. The molecule has 0 radical (unpaired) electrons. The fourth-order valence-corrected chi connectivity index (χ4v) is 2.74. The molecule has 1 aliphatic rings. The highest BCUT2D eigenvalue weighted by Crippen LogP contribution is 2.33. The standard InChI is InChI=1S/C21H23NO2/c1-3-4-14-24-21-16(9-7-11-20(21)23-2)12-13-18-15-17-8-5-6-10-19(17)22-18/h5-13H,3-4,14-15H2,1-2H3/b13-12+. The van der Waals surface area contributed by atoms with Crippen LogP contribution in [0.1, 0.15) is 30.9 Å². The Morgan fingerprint density at radius 2 is 1.96 bits per heavy atom. The Hall–Kier alpha value is -2.55. The first-order valence-electron chi connectivity index (χ1n) is 8.45. The third-order valence-electron chi connectivity index (χ3n) is 4.06. The van der Waals surface area contributed by atoms with E-state index in [1.165, 1.54) is 5.56 Å². The van der Waals surface area contributed by atoms with Gasteiger partial charge in [-0.15, -0.1) is 0 Å². The molecule has 24 heavy (non-hydrogen) atoms. The molecule has 0 saturated carbocycles. The lowest BCUT2D eigenvalue weighted by Crippen LogP contribution is -2.01. The Labute approximate surface area is 143 Å². The highest BCUT2D eigenvalue weighted by Gasteiger charge is 2.12. The van der Waals surface area contributed by atoms with Gasteiger partial charge in [-0.3, -0.25) is 4.99 Å². The molecular formula is C21H23NO2. The molecule has 3 rings (SSSR count). The van der Waals surface area contributed by atoms with Crippen LogP contribution in [-0.2, 0) is 6.42 Å². The summed E-state index contributed by atoms with van der Waals surface area (Å²) in [5.41, 5.74) is 4.44. The molecular weight excluding hydrogens is 298 g/mol. The van der Waals surface area contributed by atoms with Gasteiger partial charge in [0.1, 0.15) is 0 Å². The maximum atomic E-state index is 5.96. The van der Waals surface area contributed by atoms with E-state index in [0.29, 0.717) is 6.61 Å². The van der Waals surface area contributed by atoms with Gasteiger partial charge >= 0.3 is 0 Å². The number of benzene rings is 2. The van der Waals surface area contributed by atoms with E-state index in [9.17, 15) is 0 Å². The van der Waals surface area contributed by atoms with E-state index in [4.69, 9.17) is 9.47 Å². The van der Waals surface area contributed by atoms with Gasteiger partial charge in [0.15, 0.2) is 11.5 Å². The second-order valence-corrected chi connectivity index (χ2v) is 5.82. The Morgan fingerprint density at radius 1 is 1.08 bits per heavy atom. The summed E-state index contributed by atoms with van der Waals surface area (Å²) in [6, 6.07) is 14.2. The summed E-state index contributed by atoms with van der Waals surface area (Å²) < 4.78 is 11.4. The quantitative estimate of drug-likeness (QED) is 0.655. The molecule has 2 aromatic rings. The van der Waals surface area contributed by atoms with Crippen molar-refractivity contribution < 1.29 is 9.47 Å². The van der Waals surface area contributed by atoms with Gasteiger partial charge in [0.2, 0.25) is 0 Å². The van der Waals surface area contributed by atoms with Crippen LogP contribution in [0, 0.1) is 0 Å². The van der Waals surface area contributed by atoms with Crippen molar-refractivity contribution in [2.75, 3.05) is 13.7 Å². The second-order valence-electron chi connectivity index (χ2n) is 5.82. The zero-order valence-corrected chi connectivity index (χ0v) is 14.3. The summed E-state index contributed by atoms with van der Waals surface area (Å²) in [5, 5.41) is 0. The van der Waals surface area contributed by atoms with Crippen molar-refractivity contribution in [3.63, 3.8) is 0 Å². The van der Waals surface area contributed by atoms with Crippen LogP contribution >= 0.6 is 0 Å². The normalized spacial score (nSPS) is 13.0. The molecule has 1 heterocycles. The van der Waals surface area contributed by atoms with Crippen molar-refractivity contribution in [1.29, 1.82) is 0 Å². The summed E-state index contributed by atoms with van der Waals surface area (Å²) in [7, 11) is 1.67. The van der Waals surface area contributed by atoms with Crippen LogP contribution in [0.3, 0.4) is 0 Å². The van der Waals surface area contributed by atoms with Gasteiger partial charge in [-0.25, -0.2) is 0 Å². The number of nitrogens with zero attached hydrogens (tertiary/aromatic N) is 1. The molecule has 3 heteroatoms. The summed E-state index contributed by atoms with van der Waals surface area (Å²) in [6.45, 7) is 2.85. The minimum atomic E-state index is 0.699. The van der Waals surface area contributed by atoms with Crippen molar-refractivity contribution in [3.05, 3.63) is 59.7 Å². The van der Waals surface area contributed by atoms with Crippen molar-refractivity contribution in [3.8, 4) is 11.5 Å². The second kappa shape index (κ2) is 7.82. The van der Waals surface area contributed by atoms with Crippen LogP contribution < -0.4 is 9.47 Å². The fraction of sp³-hybridized carbons (Fsp3) is 0.286. The number of aliphatic imine (C=N–C) groups is 1. The predicted molar refractivity (Wildman–Crippen MR) is 99.7 cm³/mol. The molecule has 1 aliphatic heterocycles. The molecule has 2 aromatic carbocycles. The van der Waals surface area contributed by atoms with Crippen molar-refractivity contribution in [2.24, 2.45) is 4.99 Å². The Balaban J connectivity index is 1.80. The number of allylic oxidation sites excluding steroid dienone is 1. The minimum absolute atomic E-state index is 0.699. The predicted octanol–water partition coefficient (Wildman–Crippen LogP) is 5.22. The third-order valence-corrected chi connectivity index (χ3v) is 4.06. The van der Waals surface area contributed by atoms with Crippen LogP contribution in [0.25, 0.3) is 6.08 Å². The van der Waals surface area contributed by atoms with Gasteiger partial charge < -0.3 is 9.47 Å². The topological polar surface area (TPSA) is 30.8 Å². The summed E-state index contributed by atoms with van der Waals surface area (Å²) in [6.07, 6.45) is 7.15. The van der Waals surface area contributed by atoms with Gasteiger partial charge in [0.25, 0.3) is 0 Å². The molecule has 0 aromatic heterocycles. The number of fused-ring (bicyclic) bond motifs is 1. The van der Waals surface area contributed by atoms with Crippen LogP contribution in [0.15, 0.2) is 53.5 Å². The van der Waals surface area contributed by atoms with E-state index in [-0.39, 0.29) is 0 Å². The number of hydrogen-bond donors (Lipinski definition) is 0. The molecule has 0 amide bonds. The molecule has 0 aliphatic carbocycles. The van der Waals surface area contributed by atoms with Crippen molar-refractivity contribution in [1.82, 2.24) is 0 Å². The van der Waals surface area contributed by atoms with Crippen LogP contribution in [0.5, 0.6) is 11.5 Å². The molecule has 3 nitrogen and oxygen atoms in total. The van der Waals surface area contributed by atoms with Gasteiger partial charge in [-0.05, 0) is 36.3 Å². The first-order valence-corrected chi connectivity index (χ1v) is 8.45. The molecule has 0 spiro atoms. The molecule has 0 N–H and O–H groups in total. The Morgan fingerprint density at radius 3 is 2.75 bits per heavy atom. The Bertz CT molecular complexity index is 762. The smallest absolute Gasteiger partial charge is 0.168 e. The first kappa shape index (κ1) is 16.3. The highest BCUT2D eigenvalue weighted by molar-refractivity contribution is 6.04. The van der Waals surface area contributed by atoms with E-state index in [0.717, 1.165) is 47.7 Å². The van der Waals surface area contributed by atoms with Crippen molar-refractivity contribution >= 4 is 17.5 Å². The largest absolute Gasteiger partial charge is 0.493 e. The van der Waals surface area contributed by atoms with E-state index in [1.807, 2.05) is 24.3 Å². The molecule has 0 atom stereocenters. The first-order chi connectivity index (χ1) is 11.8. The van der Waals surface area contributed by atoms with Crippen LogP contribution in [0.4, 0.5) is 5.69 Å². The maximum Gasteiger partial charge on any atom is 0.168 e. The molecule has 0 unspecified atom stereocenters. The van der Waals surface area contributed by atoms with Crippen molar-refractivity contribution in [2.45, 2.75) is 26.2 Å². The lowest BCUT2D eigenvalue weighted by atomic mass is 10.1. The SMILES string of the molecule is CCCCOc1c(/C=C/C2=Nc3ccccc3C2)cccc1OC. The number of ether oxygens (including phenoxy) is 2. The highest BCUT2D eigenvalue weighted by atomic mass is 16.5. The average molecular weight is 321 g/mol. The van der Waals surface area contributed by atoms with E-state index in [1.54, 1.807) is 7.11 Å². The van der Waals surface area contributed by atoms with E-state index < -0.39 is 0 Å². The number of rotatable bonds is 7. The Kier molecular flexibility index (Phi) is 5.32. The number of unbranched alkanes of at least 4 members (excludes halogenated alkanes) is 1. The van der Waals surface area contributed by atoms with Crippen LogP contribution in [-0.4, -0.2) is 19.4 Å². The summed E-state index contributed by atoms with van der Waals surface area (Å²) in [5.74, 6) is 1.57. The van der Waals surface area contributed by atoms with Gasteiger partial charge in [-0.2, -0.15) is 0 Å². The summed E-state index contributed by atoms with van der Waals surface area (Å²) in [4.78, 5) is 4.67. The average Bonchev–Trinajstić information content (AvgIpc) is 3.03. The zero-order valence-electron chi connectivity index (χ0n) is 14.3.